The molecule has 3 nitrogen and oxygen atoms in total. The second kappa shape index (κ2) is 6.88. The summed E-state index contributed by atoms with van der Waals surface area (Å²) in [5.41, 5.74) is 1.03. The number of likely N-dealkylation sites (N-methyl/N-ethyl adjacent to an activating group) is 1. The smallest absolute Gasteiger partial charge is 0.337 e. The number of hydrogen-bond donors (Lipinski definition) is 1. The molecule has 0 spiro atoms. The number of benzene rings is 2. The van der Waals surface area contributed by atoms with E-state index < -0.39 is 11.7 Å². The van der Waals surface area contributed by atoms with Gasteiger partial charge in [-0.05, 0) is 42.3 Å². The van der Waals surface area contributed by atoms with Crippen LogP contribution in [0.25, 0.3) is 11.1 Å². The molecule has 0 saturated carbocycles. The molecule has 1 heterocycles. The minimum atomic E-state index is -4.37. The Morgan fingerprint density at radius 3 is 2.40 bits per heavy atom. The highest BCUT2D eigenvalue weighted by Crippen LogP contribution is 2.32. The molecule has 1 aliphatic rings. The average molecular weight is 348 g/mol. The van der Waals surface area contributed by atoms with Crippen molar-refractivity contribution >= 4 is 5.91 Å². The van der Waals surface area contributed by atoms with Gasteiger partial charge < -0.3 is 10.2 Å². The summed E-state index contributed by atoms with van der Waals surface area (Å²) in [5, 5.41) is 3.23. The molecule has 1 aliphatic heterocycles. The van der Waals surface area contributed by atoms with Crippen molar-refractivity contribution in [2.24, 2.45) is 0 Å². The SMILES string of the molecule is CN(C(=O)c1ccccc1-c1ccc(C(F)(F)F)cc1)C1CCNC1. The van der Waals surface area contributed by atoms with Crippen molar-refractivity contribution in [3.63, 3.8) is 0 Å². The predicted octanol–water partition coefficient (Wildman–Crippen LogP) is 3.81. The average Bonchev–Trinajstić information content (AvgIpc) is 3.14. The standard InChI is InChI=1S/C19H19F3N2O/c1-24(15-10-11-23-12-15)18(25)17-5-3-2-4-16(17)13-6-8-14(9-7-13)19(20,21)22/h2-9,15,23H,10-12H2,1H3. The van der Waals surface area contributed by atoms with E-state index in [1.807, 2.05) is 0 Å². The summed E-state index contributed by atoms with van der Waals surface area (Å²) < 4.78 is 38.2. The summed E-state index contributed by atoms with van der Waals surface area (Å²) in [6, 6.07) is 12.1. The van der Waals surface area contributed by atoms with Crippen molar-refractivity contribution < 1.29 is 18.0 Å². The van der Waals surface area contributed by atoms with Crippen molar-refractivity contribution in [2.75, 3.05) is 20.1 Å². The van der Waals surface area contributed by atoms with Crippen LogP contribution in [0.15, 0.2) is 48.5 Å². The summed E-state index contributed by atoms with van der Waals surface area (Å²) in [5.74, 6) is -0.121. The van der Waals surface area contributed by atoms with Crippen molar-refractivity contribution in [3.05, 3.63) is 59.7 Å². The molecular formula is C19H19F3N2O. The van der Waals surface area contributed by atoms with Gasteiger partial charge in [-0.25, -0.2) is 0 Å². The molecule has 6 heteroatoms. The largest absolute Gasteiger partial charge is 0.416 e. The minimum Gasteiger partial charge on any atom is -0.337 e. The van der Waals surface area contributed by atoms with Crippen molar-refractivity contribution in [3.8, 4) is 11.1 Å². The van der Waals surface area contributed by atoms with Crippen LogP contribution in [0.4, 0.5) is 13.2 Å². The molecule has 2 aromatic carbocycles. The van der Waals surface area contributed by atoms with Crippen LogP contribution in [-0.2, 0) is 6.18 Å². The van der Waals surface area contributed by atoms with E-state index >= 15 is 0 Å². The van der Waals surface area contributed by atoms with E-state index in [0.717, 1.165) is 31.6 Å². The number of hydrogen-bond acceptors (Lipinski definition) is 2. The number of rotatable bonds is 3. The summed E-state index contributed by atoms with van der Waals surface area (Å²) in [6.07, 6.45) is -3.48. The Kier molecular flexibility index (Phi) is 4.81. The second-order valence-corrected chi connectivity index (χ2v) is 6.18. The Bertz CT molecular complexity index is 750. The molecule has 0 bridgehead atoms. The Morgan fingerprint density at radius 2 is 1.80 bits per heavy atom. The molecule has 132 valence electrons. The molecule has 1 saturated heterocycles. The summed E-state index contributed by atoms with van der Waals surface area (Å²) in [4.78, 5) is 14.6. The van der Waals surface area contributed by atoms with Crippen LogP contribution in [0.2, 0.25) is 0 Å². The quantitative estimate of drug-likeness (QED) is 0.915. The zero-order valence-electron chi connectivity index (χ0n) is 13.8. The summed E-state index contributed by atoms with van der Waals surface area (Å²) >= 11 is 0. The van der Waals surface area contributed by atoms with Gasteiger partial charge in [0.2, 0.25) is 0 Å². The van der Waals surface area contributed by atoms with Gasteiger partial charge in [0.05, 0.1) is 5.56 Å². The lowest BCUT2D eigenvalue weighted by atomic mass is 9.97. The first-order valence-electron chi connectivity index (χ1n) is 8.12. The topological polar surface area (TPSA) is 32.3 Å². The molecule has 0 radical (unpaired) electrons. The minimum absolute atomic E-state index is 0.121. The summed E-state index contributed by atoms with van der Waals surface area (Å²) in [7, 11) is 1.77. The van der Waals surface area contributed by atoms with E-state index in [4.69, 9.17) is 0 Å². The fraction of sp³-hybridized carbons (Fsp3) is 0.316. The second-order valence-electron chi connectivity index (χ2n) is 6.18. The van der Waals surface area contributed by atoms with Crippen LogP contribution < -0.4 is 5.32 Å². The molecule has 1 atom stereocenters. The van der Waals surface area contributed by atoms with Gasteiger partial charge in [-0.2, -0.15) is 13.2 Å². The molecule has 3 rings (SSSR count). The molecular weight excluding hydrogens is 329 g/mol. The molecule has 25 heavy (non-hydrogen) atoms. The van der Waals surface area contributed by atoms with E-state index in [1.54, 1.807) is 36.2 Å². The van der Waals surface area contributed by atoms with Crippen LogP contribution >= 0.6 is 0 Å². The third-order valence-electron chi connectivity index (χ3n) is 4.58. The third kappa shape index (κ3) is 3.69. The maximum absolute atomic E-state index is 12.9. The monoisotopic (exact) mass is 348 g/mol. The zero-order valence-corrected chi connectivity index (χ0v) is 13.8. The first-order chi connectivity index (χ1) is 11.9. The number of nitrogens with one attached hydrogen (secondary N) is 1. The van der Waals surface area contributed by atoms with Gasteiger partial charge in [0.1, 0.15) is 0 Å². The van der Waals surface area contributed by atoms with Crippen molar-refractivity contribution in [1.29, 1.82) is 0 Å². The first kappa shape index (κ1) is 17.5. The fourth-order valence-electron chi connectivity index (χ4n) is 3.09. The summed E-state index contributed by atoms with van der Waals surface area (Å²) in [6.45, 7) is 1.63. The van der Waals surface area contributed by atoms with Gasteiger partial charge in [-0.15, -0.1) is 0 Å². The number of alkyl halides is 3. The Morgan fingerprint density at radius 1 is 1.12 bits per heavy atom. The molecule has 0 aliphatic carbocycles. The lowest BCUT2D eigenvalue weighted by Gasteiger charge is -2.25. The van der Waals surface area contributed by atoms with Crippen molar-refractivity contribution in [2.45, 2.75) is 18.6 Å². The highest BCUT2D eigenvalue weighted by atomic mass is 19.4. The maximum atomic E-state index is 12.9. The number of halogens is 3. The lowest BCUT2D eigenvalue weighted by Crippen LogP contribution is -2.38. The molecule has 1 fully saturated rings. The van der Waals surface area contributed by atoms with Crippen LogP contribution in [0.1, 0.15) is 22.3 Å². The molecule has 2 aromatic rings. The molecule has 0 aromatic heterocycles. The Labute approximate surface area is 144 Å². The van der Waals surface area contributed by atoms with Crippen LogP contribution in [0, 0.1) is 0 Å². The highest BCUT2D eigenvalue weighted by Gasteiger charge is 2.30. The van der Waals surface area contributed by atoms with Gasteiger partial charge >= 0.3 is 6.18 Å². The Hall–Kier alpha value is -2.34. The van der Waals surface area contributed by atoms with E-state index in [-0.39, 0.29) is 11.9 Å². The number of amides is 1. The zero-order chi connectivity index (χ0) is 18.0. The molecule has 1 amide bonds. The van der Waals surface area contributed by atoms with Crippen LogP contribution in [-0.4, -0.2) is 37.0 Å². The maximum Gasteiger partial charge on any atom is 0.416 e. The predicted molar refractivity (Wildman–Crippen MR) is 90.2 cm³/mol. The van der Waals surface area contributed by atoms with Crippen LogP contribution in [0.5, 0.6) is 0 Å². The number of carbonyl (C=O) groups excluding carboxylic acids is 1. The van der Waals surface area contributed by atoms with Crippen molar-refractivity contribution in [1.82, 2.24) is 10.2 Å². The van der Waals surface area contributed by atoms with E-state index in [9.17, 15) is 18.0 Å². The van der Waals surface area contributed by atoms with E-state index in [2.05, 4.69) is 5.32 Å². The number of nitrogens with zero attached hydrogens (tertiary/aromatic N) is 1. The first-order valence-corrected chi connectivity index (χ1v) is 8.12. The normalized spacial score (nSPS) is 17.5. The lowest BCUT2D eigenvalue weighted by molar-refractivity contribution is -0.137. The number of carbonyl (C=O) groups is 1. The third-order valence-corrected chi connectivity index (χ3v) is 4.58. The fourth-order valence-corrected chi connectivity index (χ4v) is 3.09. The molecule has 1 N–H and O–H groups in total. The van der Waals surface area contributed by atoms with Gasteiger partial charge in [0.25, 0.3) is 5.91 Å². The van der Waals surface area contributed by atoms with E-state index in [1.165, 1.54) is 12.1 Å². The van der Waals surface area contributed by atoms with Gasteiger partial charge in [0, 0.05) is 25.2 Å². The Balaban J connectivity index is 1.92. The van der Waals surface area contributed by atoms with Gasteiger partial charge in [-0.3, -0.25) is 4.79 Å². The molecule has 1 unspecified atom stereocenters. The highest BCUT2D eigenvalue weighted by molar-refractivity contribution is 6.01. The van der Waals surface area contributed by atoms with Gasteiger partial charge in [-0.1, -0.05) is 30.3 Å². The van der Waals surface area contributed by atoms with Crippen LogP contribution in [0.3, 0.4) is 0 Å². The van der Waals surface area contributed by atoms with E-state index in [0.29, 0.717) is 16.7 Å². The van der Waals surface area contributed by atoms with Gasteiger partial charge in [0.15, 0.2) is 0 Å².